The molecule has 0 saturated carbocycles. The minimum absolute atomic E-state index is 0.0439. The first-order chi connectivity index (χ1) is 9.19. The zero-order chi connectivity index (χ0) is 13.7. The highest BCUT2D eigenvalue weighted by molar-refractivity contribution is 7.17. The summed E-state index contributed by atoms with van der Waals surface area (Å²) < 4.78 is 0.618. The van der Waals surface area contributed by atoms with Gasteiger partial charge in [0.15, 0.2) is 0 Å². The highest BCUT2D eigenvalue weighted by Crippen LogP contribution is 2.23. The molecular formula is C14H9ClN2OS. The number of thiophene rings is 1. The number of nitrogens with one attached hydrogen (secondary N) is 1. The second-order valence-electron chi connectivity index (χ2n) is 3.63. The first-order valence-corrected chi connectivity index (χ1v) is 6.62. The van der Waals surface area contributed by atoms with E-state index in [1.165, 1.54) is 17.4 Å². The van der Waals surface area contributed by atoms with Crippen LogP contribution in [0.15, 0.2) is 48.0 Å². The molecule has 1 N–H and O–H groups in total. The van der Waals surface area contributed by atoms with E-state index in [0.29, 0.717) is 10.0 Å². The Kier molecular flexibility index (Phi) is 4.35. The van der Waals surface area contributed by atoms with Crippen molar-refractivity contribution in [1.82, 2.24) is 0 Å². The molecule has 0 bridgehead atoms. The largest absolute Gasteiger partial charge is 0.321 e. The number of carbonyl (C=O) groups is 1. The number of benzene rings is 1. The van der Waals surface area contributed by atoms with Crippen LogP contribution in [0.4, 0.5) is 5.69 Å². The predicted molar refractivity (Wildman–Crippen MR) is 78.0 cm³/mol. The van der Waals surface area contributed by atoms with Crippen LogP contribution < -0.4 is 5.32 Å². The van der Waals surface area contributed by atoms with Crippen molar-refractivity contribution in [2.75, 3.05) is 5.32 Å². The van der Waals surface area contributed by atoms with Crippen molar-refractivity contribution < 1.29 is 4.79 Å². The minimum atomic E-state index is -0.432. The van der Waals surface area contributed by atoms with Crippen molar-refractivity contribution in [3.63, 3.8) is 0 Å². The van der Waals surface area contributed by atoms with Crippen molar-refractivity contribution in [2.45, 2.75) is 0 Å². The van der Waals surface area contributed by atoms with Gasteiger partial charge in [0.2, 0.25) is 0 Å². The molecule has 2 rings (SSSR count). The molecule has 1 amide bonds. The van der Waals surface area contributed by atoms with Gasteiger partial charge in [-0.25, -0.2) is 0 Å². The molecule has 0 aliphatic carbocycles. The highest BCUT2D eigenvalue weighted by atomic mass is 35.5. The summed E-state index contributed by atoms with van der Waals surface area (Å²) in [5.41, 5.74) is 0.695. The molecule has 1 heterocycles. The van der Waals surface area contributed by atoms with Crippen LogP contribution in [0.2, 0.25) is 4.34 Å². The monoisotopic (exact) mass is 288 g/mol. The zero-order valence-electron chi connectivity index (χ0n) is 9.76. The quantitative estimate of drug-likeness (QED) is 0.687. The number of para-hydroxylation sites is 1. The Bertz CT molecular complexity index is 656. The molecule has 0 aliphatic heterocycles. The lowest BCUT2D eigenvalue weighted by Crippen LogP contribution is -2.13. The fourth-order valence-electron chi connectivity index (χ4n) is 1.42. The molecule has 0 aliphatic rings. The maximum absolute atomic E-state index is 11.9. The van der Waals surface area contributed by atoms with E-state index in [9.17, 15) is 4.79 Å². The Morgan fingerprint density at radius 1 is 1.26 bits per heavy atom. The zero-order valence-corrected chi connectivity index (χ0v) is 11.3. The molecule has 5 heteroatoms. The first-order valence-electron chi connectivity index (χ1n) is 5.42. The van der Waals surface area contributed by atoms with Gasteiger partial charge < -0.3 is 5.32 Å². The third kappa shape index (κ3) is 3.68. The Morgan fingerprint density at radius 2 is 2.00 bits per heavy atom. The van der Waals surface area contributed by atoms with Crippen molar-refractivity contribution in [2.24, 2.45) is 0 Å². The van der Waals surface area contributed by atoms with E-state index < -0.39 is 5.91 Å². The van der Waals surface area contributed by atoms with E-state index in [4.69, 9.17) is 16.9 Å². The number of nitriles is 1. The molecule has 3 nitrogen and oxygen atoms in total. The molecule has 19 heavy (non-hydrogen) atoms. The van der Waals surface area contributed by atoms with E-state index in [-0.39, 0.29) is 5.57 Å². The minimum Gasteiger partial charge on any atom is -0.321 e. The summed E-state index contributed by atoms with van der Waals surface area (Å²) in [4.78, 5) is 12.7. The third-order valence-electron chi connectivity index (χ3n) is 2.28. The number of hydrogen-bond donors (Lipinski definition) is 1. The van der Waals surface area contributed by atoms with E-state index >= 15 is 0 Å². The average molecular weight is 289 g/mol. The van der Waals surface area contributed by atoms with Gasteiger partial charge in [-0.15, -0.1) is 11.3 Å². The third-order valence-corrected chi connectivity index (χ3v) is 3.46. The topological polar surface area (TPSA) is 52.9 Å². The van der Waals surface area contributed by atoms with Crippen molar-refractivity contribution in [3.05, 3.63) is 57.3 Å². The summed E-state index contributed by atoms with van der Waals surface area (Å²) in [6.45, 7) is 0. The van der Waals surface area contributed by atoms with Crippen molar-refractivity contribution in [3.8, 4) is 6.07 Å². The summed E-state index contributed by atoms with van der Waals surface area (Å²) in [7, 11) is 0. The number of amides is 1. The summed E-state index contributed by atoms with van der Waals surface area (Å²) in [6, 6.07) is 14.4. The van der Waals surface area contributed by atoms with Crippen molar-refractivity contribution >= 4 is 40.6 Å². The Hall–Kier alpha value is -2.09. The van der Waals surface area contributed by atoms with Gasteiger partial charge in [-0.1, -0.05) is 29.8 Å². The molecule has 1 aromatic heterocycles. The molecule has 2 aromatic rings. The van der Waals surface area contributed by atoms with Gasteiger partial charge in [0.05, 0.1) is 4.34 Å². The van der Waals surface area contributed by atoms with E-state index in [1.807, 2.05) is 24.3 Å². The molecule has 0 unspecified atom stereocenters. The first kappa shape index (κ1) is 13.3. The molecule has 0 fully saturated rings. The fraction of sp³-hybridized carbons (Fsp3) is 0. The Balaban J connectivity index is 2.16. The SMILES string of the molecule is N#C/C(=C/c1ccc(Cl)s1)C(=O)Nc1ccccc1. The Labute approximate surface area is 119 Å². The van der Waals surface area contributed by atoms with Crippen LogP contribution in [0.5, 0.6) is 0 Å². The molecule has 0 atom stereocenters. The standard InChI is InChI=1S/C14H9ClN2OS/c15-13-7-6-12(19-13)8-10(9-16)14(18)17-11-4-2-1-3-5-11/h1-8H,(H,17,18)/b10-8-. The number of rotatable bonds is 3. The lowest BCUT2D eigenvalue weighted by atomic mass is 10.2. The van der Waals surface area contributed by atoms with Crippen LogP contribution in [-0.2, 0) is 4.79 Å². The molecule has 0 radical (unpaired) electrons. The van der Waals surface area contributed by atoms with Crippen LogP contribution in [0, 0.1) is 11.3 Å². The van der Waals surface area contributed by atoms with Crippen LogP contribution in [0.25, 0.3) is 6.08 Å². The van der Waals surface area contributed by atoms with Gasteiger partial charge in [0, 0.05) is 10.6 Å². The normalized spacial score (nSPS) is 10.8. The second-order valence-corrected chi connectivity index (χ2v) is 5.38. The van der Waals surface area contributed by atoms with Gasteiger partial charge >= 0.3 is 0 Å². The van der Waals surface area contributed by atoms with Crippen LogP contribution in [0.1, 0.15) is 4.88 Å². The average Bonchev–Trinajstić information content (AvgIpc) is 2.82. The number of nitrogens with zero attached hydrogens (tertiary/aromatic N) is 1. The molecule has 94 valence electrons. The number of hydrogen-bond acceptors (Lipinski definition) is 3. The summed E-state index contributed by atoms with van der Waals surface area (Å²) in [6.07, 6.45) is 1.52. The van der Waals surface area contributed by atoms with E-state index in [2.05, 4.69) is 5.32 Å². The Morgan fingerprint density at radius 3 is 2.58 bits per heavy atom. The van der Waals surface area contributed by atoms with Gasteiger partial charge in [-0.2, -0.15) is 5.26 Å². The van der Waals surface area contributed by atoms with Gasteiger partial charge in [0.1, 0.15) is 11.6 Å². The summed E-state index contributed by atoms with van der Waals surface area (Å²) in [5, 5.41) is 11.7. The van der Waals surface area contributed by atoms with Crippen LogP contribution >= 0.6 is 22.9 Å². The summed E-state index contributed by atoms with van der Waals surface area (Å²) >= 11 is 7.12. The summed E-state index contributed by atoms with van der Waals surface area (Å²) in [5.74, 6) is -0.432. The molecule has 1 aromatic carbocycles. The van der Waals surface area contributed by atoms with Crippen LogP contribution in [-0.4, -0.2) is 5.91 Å². The maximum atomic E-state index is 11.9. The lowest BCUT2D eigenvalue weighted by Gasteiger charge is -2.02. The number of halogens is 1. The fourth-order valence-corrected chi connectivity index (χ4v) is 2.42. The smallest absolute Gasteiger partial charge is 0.266 e. The van der Waals surface area contributed by atoms with E-state index in [1.54, 1.807) is 24.3 Å². The van der Waals surface area contributed by atoms with Gasteiger partial charge in [-0.05, 0) is 30.3 Å². The lowest BCUT2D eigenvalue weighted by molar-refractivity contribution is -0.112. The van der Waals surface area contributed by atoms with Gasteiger partial charge in [-0.3, -0.25) is 4.79 Å². The molecule has 0 saturated heterocycles. The highest BCUT2D eigenvalue weighted by Gasteiger charge is 2.09. The number of carbonyl (C=O) groups excluding carboxylic acids is 1. The molecular weight excluding hydrogens is 280 g/mol. The maximum Gasteiger partial charge on any atom is 0.266 e. The predicted octanol–water partition coefficient (Wildman–Crippen LogP) is 3.95. The van der Waals surface area contributed by atoms with Crippen molar-refractivity contribution in [1.29, 1.82) is 5.26 Å². The number of anilines is 1. The second kappa shape index (κ2) is 6.19. The van der Waals surface area contributed by atoms with Crippen LogP contribution in [0.3, 0.4) is 0 Å². The molecule has 0 spiro atoms. The van der Waals surface area contributed by atoms with E-state index in [0.717, 1.165) is 4.88 Å². The van der Waals surface area contributed by atoms with Gasteiger partial charge in [0.25, 0.3) is 5.91 Å².